The summed E-state index contributed by atoms with van der Waals surface area (Å²) in [6.07, 6.45) is 1.41. The molecule has 0 aromatic rings. The van der Waals surface area contributed by atoms with Crippen molar-refractivity contribution < 1.29 is 9.90 Å². The van der Waals surface area contributed by atoms with E-state index >= 15 is 0 Å². The molecule has 2 N–H and O–H groups in total. The maximum atomic E-state index is 10.2. The van der Waals surface area contributed by atoms with Gasteiger partial charge in [-0.15, -0.1) is 0 Å². The van der Waals surface area contributed by atoms with E-state index in [1.807, 2.05) is 0 Å². The van der Waals surface area contributed by atoms with E-state index < -0.39 is 5.97 Å². The van der Waals surface area contributed by atoms with Crippen LogP contribution in [-0.4, -0.2) is 16.8 Å². The molecule has 50 valence electrons. The zero-order valence-electron chi connectivity index (χ0n) is 5.43. The molecule has 0 aromatic heterocycles. The van der Waals surface area contributed by atoms with E-state index in [-0.39, 0.29) is 11.3 Å². The Hall–Kier alpha value is -1.12. The summed E-state index contributed by atoms with van der Waals surface area (Å²) in [4.78, 5) is 10.2. The zero-order chi connectivity index (χ0) is 7.44. The minimum Gasteiger partial charge on any atom is -0.478 e. The lowest BCUT2D eigenvalue weighted by Gasteiger charge is -1.94. The van der Waals surface area contributed by atoms with Crippen LogP contribution in [0.4, 0.5) is 0 Å². The number of carboxylic acids is 1. The van der Waals surface area contributed by atoms with Crippen molar-refractivity contribution in [3.63, 3.8) is 0 Å². The van der Waals surface area contributed by atoms with Gasteiger partial charge in [-0.25, -0.2) is 4.79 Å². The Labute approximate surface area is 53.5 Å². The molecule has 0 bridgehead atoms. The van der Waals surface area contributed by atoms with Crippen molar-refractivity contribution in [1.82, 2.24) is 0 Å². The second kappa shape index (κ2) is 3.02. The highest BCUT2D eigenvalue weighted by Gasteiger charge is 2.05. The van der Waals surface area contributed by atoms with E-state index in [1.54, 1.807) is 6.92 Å². The van der Waals surface area contributed by atoms with E-state index in [2.05, 4.69) is 0 Å². The summed E-state index contributed by atoms with van der Waals surface area (Å²) in [5.41, 5.74) is 0.153. The number of rotatable bonds is 2. The fourth-order valence-electron chi connectivity index (χ4n) is 0.500. The molecule has 0 aliphatic heterocycles. The SMILES string of the molecule is CC=C(C(C)=N)C(=O)O. The molecule has 3 nitrogen and oxygen atoms in total. The topological polar surface area (TPSA) is 61.2 Å². The predicted molar refractivity (Wildman–Crippen MR) is 34.8 cm³/mol. The van der Waals surface area contributed by atoms with E-state index in [0.29, 0.717) is 0 Å². The van der Waals surface area contributed by atoms with Crippen molar-refractivity contribution >= 4 is 11.7 Å². The average molecular weight is 127 g/mol. The molecule has 0 saturated carbocycles. The van der Waals surface area contributed by atoms with E-state index in [0.717, 1.165) is 0 Å². The molecule has 0 rings (SSSR count). The molecular weight excluding hydrogens is 118 g/mol. The van der Waals surface area contributed by atoms with Crippen LogP contribution in [0.2, 0.25) is 0 Å². The fourth-order valence-corrected chi connectivity index (χ4v) is 0.500. The van der Waals surface area contributed by atoms with Crippen LogP contribution in [0, 0.1) is 5.41 Å². The van der Waals surface area contributed by atoms with Crippen LogP contribution in [0.5, 0.6) is 0 Å². The summed E-state index contributed by atoms with van der Waals surface area (Å²) in [5, 5.41) is 15.3. The molecule has 0 heterocycles. The maximum Gasteiger partial charge on any atom is 0.337 e. The third-order valence-corrected chi connectivity index (χ3v) is 0.923. The average Bonchev–Trinajstić information content (AvgIpc) is 1.64. The first-order valence-corrected chi connectivity index (χ1v) is 2.54. The van der Waals surface area contributed by atoms with Crippen LogP contribution in [0.15, 0.2) is 11.6 Å². The van der Waals surface area contributed by atoms with Crippen molar-refractivity contribution in [3.8, 4) is 0 Å². The minimum atomic E-state index is -1.04. The molecule has 0 aromatic carbocycles. The molecule has 0 aliphatic rings. The lowest BCUT2D eigenvalue weighted by atomic mass is 10.2. The van der Waals surface area contributed by atoms with Gasteiger partial charge in [0.1, 0.15) is 0 Å². The minimum absolute atomic E-state index is 0.0648. The number of allylic oxidation sites excluding steroid dienone is 1. The number of nitrogens with one attached hydrogen (secondary N) is 1. The van der Waals surface area contributed by atoms with Crippen LogP contribution in [0.1, 0.15) is 13.8 Å². The van der Waals surface area contributed by atoms with Crippen LogP contribution in [0.25, 0.3) is 0 Å². The van der Waals surface area contributed by atoms with Gasteiger partial charge in [-0.05, 0) is 13.8 Å². The summed E-state index contributed by atoms with van der Waals surface area (Å²) in [7, 11) is 0. The fraction of sp³-hybridized carbons (Fsp3) is 0.333. The molecule has 0 radical (unpaired) electrons. The molecule has 9 heavy (non-hydrogen) atoms. The Bertz CT molecular complexity index is 154. The third-order valence-electron chi connectivity index (χ3n) is 0.923. The van der Waals surface area contributed by atoms with Crippen LogP contribution < -0.4 is 0 Å². The monoisotopic (exact) mass is 127 g/mol. The molecule has 0 atom stereocenters. The van der Waals surface area contributed by atoms with Gasteiger partial charge >= 0.3 is 5.97 Å². The number of hydrogen-bond acceptors (Lipinski definition) is 2. The third kappa shape index (κ3) is 2.08. The molecule has 3 heteroatoms. The van der Waals surface area contributed by atoms with Gasteiger partial charge in [-0.2, -0.15) is 0 Å². The summed E-state index contributed by atoms with van der Waals surface area (Å²) in [6.45, 7) is 3.05. The first-order chi connectivity index (χ1) is 4.09. The van der Waals surface area contributed by atoms with Crippen molar-refractivity contribution in [1.29, 1.82) is 5.41 Å². The van der Waals surface area contributed by atoms with Gasteiger partial charge in [0.05, 0.1) is 5.57 Å². The lowest BCUT2D eigenvalue weighted by Crippen LogP contribution is -2.07. The van der Waals surface area contributed by atoms with E-state index in [4.69, 9.17) is 10.5 Å². The summed E-state index contributed by atoms with van der Waals surface area (Å²) < 4.78 is 0. The van der Waals surface area contributed by atoms with E-state index in [9.17, 15) is 4.79 Å². The first kappa shape index (κ1) is 7.88. The van der Waals surface area contributed by atoms with Crippen molar-refractivity contribution in [2.75, 3.05) is 0 Å². The summed E-state index contributed by atoms with van der Waals surface area (Å²) in [6, 6.07) is 0. The largest absolute Gasteiger partial charge is 0.478 e. The second-order valence-corrected chi connectivity index (χ2v) is 1.63. The van der Waals surface area contributed by atoms with Gasteiger partial charge in [0.2, 0.25) is 0 Å². The number of carbonyl (C=O) groups is 1. The lowest BCUT2D eigenvalue weighted by molar-refractivity contribution is -0.132. The van der Waals surface area contributed by atoms with Crippen molar-refractivity contribution in [3.05, 3.63) is 11.6 Å². The molecular formula is C6H9NO2. The second-order valence-electron chi connectivity index (χ2n) is 1.63. The van der Waals surface area contributed by atoms with Gasteiger partial charge in [-0.1, -0.05) is 6.08 Å². The standard InChI is InChI=1S/C6H9NO2/c1-3-5(4(2)7)6(8)9/h3,7H,1-2H3,(H,8,9). The Morgan fingerprint density at radius 3 is 2.11 bits per heavy atom. The molecule has 0 unspecified atom stereocenters. The molecule has 0 amide bonds. The summed E-state index contributed by atoms with van der Waals surface area (Å²) >= 11 is 0. The van der Waals surface area contributed by atoms with Crippen LogP contribution >= 0.6 is 0 Å². The predicted octanol–water partition coefficient (Wildman–Crippen LogP) is 1.06. The summed E-state index contributed by atoms with van der Waals surface area (Å²) in [5.74, 6) is -1.04. The Morgan fingerprint density at radius 2 is 2.11 bits per heavy atom. The highest BCUT2D eigenvalue weighted by atomic mass is 16.4. The number of aliphatic carboxylic acids is 1. The Balaban J connectivity index is 4.38. The number of carboxylic acid groups (broad SMARTS) is 1. The quantitative estimate of drug-likeness (QED) is 0.430. The van der Waals surface area contributed by atoms with Gasteiger partial charge < -0.3 is 10.5 Å². The molecule has 0 saturated heterocycles. The van der Waals surface area contributed by atoms with Gasteiger partial charge in [0.25, 0.3) is 0 Å². The number of hydrogen-bond donors (Lipinski definition) is 2. The van der Waals surface area contributed by atoms with Gasteiger partial charge in [-0.3, -0.25) is 0 Å². The zero-order valence-corrected chi connectivity index (χ0v) is 5.43. The van der Waals surface area contributed by atoms with Crippen molar-refractivity contribution in [2.24, 2.45) is 0 Å². The van der Waals surface area contributed by atoms with Crippen LogP contribution in [0.3, 0.4) is 0 Å². The first-order valence-electron chi connectivity index (χ1n) is 2.54. The Kier molecular flexibility index (Phi) is 2.64. The smallest absolute Gasteiger partial charge is 0.337 e. The van der Waals surface area contributed by atoms with Gasteiger partial charge in [0, 0.05) is 5.71 Å². The highest BCUT2D eigenvalue weighted by molar-refractivity contribution is 6.16. The maximum absolute atomic E-state index is 10.2. The molecule has 0 aliphatic carbocycles. The Morgan fingerprint density at radius 1 is 1.67 bits per heavy atom. The molecule has 0 fully saturated rings. The normalized spacial score (nSPS) is 11.1. The van der Waals surface area contributed by atoms with Crippen molar-refractivity contribution in [2.45, 2.75) is 13.8 Å². The molecule has 0 spiro atoms. The van der Waals surface area contributed by atoms with Crippen LogP contribution in [-0.2, 0) is 4.79 Å². The highest BCUT2D eigenvalue weighted by Crippen LogP contribution is 1.94. The van der Waals surface area contributed by atoms with Gasteiger partial charge in [0.15, 0.2) is 0 Å². The van der Waals surface area contributed by atoms with E-state index in [1.165, 1.54) is 13.0 Å².